The third-order valence-corrected chi connectivity index (χ3v) is 3.54. The molecule has 6 heteroatoms. The zero-order valence-electron chi connectivity index (χ0n) is 10.1. The Hall–Kier alpha value is -1.27. The van der Waals surface area contributed by atoms with Crippen LogP contribution in [0.1, 0.15) is 24.6 Å². The van der Waals surface area contributed by atoms with Crippen molar-refractivity contribution >= 4 is 15.9 Å². The van der Waals surface area contributed by atoms with Crippen molar-refractivity contribution in [3.63, 3.8) is 0 Å². The molecule has 1 aromatic carbocycles. The molecule has 1 heterocycles. The lowest BCUT2D eigenvalue weighted by Gasteiger charge is -2.27. The molecule has 0 bridgehead atoms. The maximum atomic E-state index is 13.9. The van der Waals surface area contributed by atoms with Gasteiger partial charge in [0.25, 0.3) is 0 Å². The fourth-order valence-corrected chi connectivity index (χ4v) is 2.71. The van der Waals surface area contributed by atoms with Gasteiger partial charge >= 0.3 is 0 Å². The van der Waals surface area contributed by atoms with Gasteiger partial charge in [0.05, 0.1) is 0 Å². The molecule has 0 amide bonds. The SMILES string of the molecule is CCC(O)(c1ccccc1F)c1c(Br)nnn1C. The minimum atomic E-state index is -1.46. The van der Waals surface area contributed by atoms with E-state index in [9.17, 15) is 9.50 Å². The molecule has 0 saturated carbocycles. The van der Waals surface area contributed by atoms with Gasteiger partial charge in [0.15, 0.2) is 4.60 Å². The zero-order valence-corrected chi connectivity index (χ0v) is 11.6. The molecule has 1 unspecified atom stereocenters. The number of benzene rings is 1. The van der Waals surface area contributed by atoms with Crippen molar-refractivity contribution in [1.29, 1.82) is 0 Å². The summed E-state index contributed by atoms with van der Waals surface area (Å²) in [6, 6.07) is 6.17. The molecule has 0 aliphatic heterocycles. The molecular weight excluding hydrogens is 301 g/mol. The summed E-state index contributed by atoms with van der Waals surface area (Å²) < 4.78 is 15.8. The van der Waals surface area contributed by atoms with Crippen LogP contribution in [0.3, 0.4) is 0 Å². The number of aliphatic hydroxyl groups is 1. The fourth-order valence-electron chi connectivity index (χ4n) is 2.05. The highest BCUT2D eigenvalue weighted by atomic mass is 79.9. The molecule has 0 fully saturated rings. The van der Waals surface area contributed by atoms with E-state index in [2.05, 4.69) is 26.2 Å². The summed E-state index contributed by atoms with van der Waals surface area (Å²) in [4.78, 5) is 0. The Balaban J connectivity index is 2.67. The van der Waals surface area contributed by atoms with Gasteiger partial charge in [0.1, 0.15) is 17.1 Å². The Kier molecular flexibility index (Phi) is 3.49. The first-order valence-electron chi connectivity index (χ1n) is 5.53. The number of aromatic nitrogens is 3. The van der Waals surface area contributed by atoms with E-state index < -0.39 is 11.4 Å². The summed E-state index contributed by atoms with van der Waals surface area (Å²) in [7, 11) is 1.66. The van der Waals surface area contributed by atoms with Gasteiger partial charge in [-0.1, -0.05) is 30.3 Å². The summed E-state index contributed by atoms with van der Waals surface area (Å²) in [5.41, 5.74) is -0.795. The summed E-state index contributed by atoms with van der Waals surface area (Å²) in [6.07, 6.45) is 0.313. The molecule has 1 atom stereocenters. The maximum Gasteiger partial charge on any atom is 0.154 e. The summed E-state index contributed by atoms with van der Waals surface area (Å²) in [5.74, 6) is -0.449. The molecule has 18 heavy (non-hydrogen) atoms. The Morgan fingerprint density at radius 2 is 2.11 bits per heavy atom. The van der Waals surface area contributed by atoms with Crippen molar-refractivity contribution in [3.05, 3.63) is 45.9 Å². The van der Waals surface area contributed by atoms with Gasteiger partial charge in [-0.25, -0.2) is 9.07 Å². The molecule has 4 nitrogen and oxygen atoms in total. The highest BCUT2D eigenvalue weighted by Gasteiger charge is 2.37. The standard InChI is InChI=1S/C12H13BrFN3O/c1-3-12(18,8-6-4-5-7-9(8)14)10-11(13)15-16-17(10)2/h4-7,18H,3H2,1-2H3. The van der Waals surface area contributed by atoms with Crippen molar-refractivity contribution in [1.82, 2.24) is 15.0 Å². The van der Waals surface area contributed by atoms with Crippen molar-refractivity contribution < 1.29 is 9.50 Å². The van der Waals surface area contributed by atoms with Gasteiger partial charge < -0.3 is 5.11 Å². The van der Waals surface area contributed by atoms with Crippen LogP contribution >= 0.6 is 15.9 Å². The first-order chi connectivity index (χ1) is 8.50. The third-order valence-electron chi connectivity index (χ3n) is 3.01. The van der Waals surface area contributed by atoms with Gasteiger partial charge in [-0.05, 0) is 28.4 Å². The average Bonchev–Trinajstić information content (AvgIpc) is 2.69. The summed E-state index contributed by atoms with van der Waals surface area (Å²) in [6.45, 7) is 1.78. The van der Waals surface area contributed by atoms with Crippen LogP contribution in [-0.2, 0) is 12.6 Å². The predicted octanol–water partition coefficient (Wildman–Crippen LogP) is 2.36. The molecule has 0 saturated heterocycles. The Morgan fingerprint density at radius 1 is 1.44 bits per heavy atom. The second kappa shape index (κ2) is 4.78. The van der Waals surface area contributed by atoms with E-state index in [0.29, 0.717) is 16.7 Å². The maximum absolute atomic E-state index is 13.9. The highest BCUT2D eigenvalue weighted by Crippen LogP contribution is 2.36. The van der Waals surface area contributed by atoms with Crippen LogP contribution in [0.15, 0.2) is 28.9 Å². The van der Waals surface area contributed by atoms with Gasteiger partial charge in [0.2, 0.25) is 0 Å². The molecule has 1 N–H and O–H groups in total. The molecule has 96 valence electrons. The molecule has 0 aliphatic carbocycles. The second-order valence-corrected chi connectivity index (χ2v) is 4.80. The van der Waals surface area contributed by atoms with Crippen LogP contribution in [0.4, 0.5) is 4.39 Å². The van der Waals surface area contributed by atoms with Gasteiger partial charge in [-0.15, -0.1) is 5.10 Å². The van der Waals surface area contributed by atoms with Crippen LogP contribution < -0.4 is 0 Å². The van der Waals surface area contributed by atoms with Gasteiger partial charge in [0, 0.05) is 12.6 Å². The smallest absolute Gasteiger partial charge is 0.154 e. The predicted molar refractivity (Wildman–Crippen MR) is 68.4 cm³/mol. The Morgan fingerprint density at radius 3 is 2.61 bits per heavy atom. The molecule has 1 aromatic heterocycles. The zero-order chi connectivity index (χ0) is 13.3. The molecule has 0 radical (unpaired) electrons. The van der Waals surface area contributed by atoms with Gasteiger partial charge in [-0.3, -0.25) is 0 Å². The quantitative estimate of drug-likeness (QED) is 0.946. The normalized spacial score (nSPS) is 14.5. The molecular formula is C12H13BrFN3O. The largest absolute Gasteiger partial charge is 0.379 e. The number of hydrogen-bond donors (Lipinski definition) is 1. The number of rotatable bonds is 3. The van der Waals surface area contributed by atoms with Crippen LogP contribution in [0.2, 0.25) is 0 Å². The van der Waals surface area contributed by atoms with E-state index in [-0.39, 0.29) is 5.56 Å². The third kappa shape index (κ3) is 1.95. The highest BCUT2D eigenvalue weighted by molar-refractivity contribution is 9.10. The van der Waals surface area contributed by atoms with E-state index in [1.807, 2.05) is 0 Å². The first-order valence-corrected chi connectivity index (χ1v) is 6.33. The van der Waals surface area contributed by atoms with Crippen LogP contribution in [0.25, 0.3) is 0 Å². The Labute approximate surface area is 113 Å². The van der Waals surface area contributed by atoms with Crippen molar-refractivity contribution in [3.8, 4) is 0 Å². The summed E-state index contributed by atoms with van der Waals surface area (Å²) >= 11 is 3.24. The molecule has 0 spiro atoms. The number of hydrogen-bond acceptors (Lipinski definition) is 3. The van der Waals surface area contributed by atoms with Crippen LogP contribution in [-0.4, -0.2) is 20.1 Å². The summed E-state index contributed by atoms with van der Waals surface area (Å²) in [5, 5.41) is 18.5. The minimum absolute atomic E-state index is 0.221. The van der Waals surface area contributed by atoms with Gasteiger partial charge in [-0.2, -0.15) is 0 Å². The van der Waals surface area contributed by atoms with E-state index in [1.165, 1.54) is 10.7 Å². The number of nitrogens with zero attached hydrogens (tertiary/aromatic N) is 3. The number of halogens is 2. The first kappa shape index (κ1) is 13.2. The van der Waals surface area contributed by atoms with E-state index in [4.69, 9.17) is 0 Å². The van der Waals surface area contributed by atoms with E-state index >= 15 is 0 Å². The van der Waals surface area contributed by atoms with Crippen LogP contribution in [0, 0.1) is 5.82 Å². The monoisotopic (exact) mass is 313 g/mol. The lowest BCUT2D eigenvalue weighted by molar-refractivity contribution is 0.0631. The number of aryl methyl sites for hydroxylation is 1. The van der Waals surface area contributed by atoms with Crippen molar-refractivity contribution in [2.45, 2.75) is 18.9 Å². The van der Waals surface area contributed by atoms with E-state index in [0.717, 1.165) is 0 Å². The fraction of sp³-hybridized carbons (Fsp3) is 0.333. The lowest BCUT2D eigenvalue weighted by Crippen LogP contribution is -2.30. The van der Waals surface area contributed by atoms with Crippen molar-refractivity contribution in [2.75, 3.05) is 0 Å². The van der Waals surface area contributed by atoms with E-state index in [1.54, 1.807) is 32.2 Å². The molecule has 2 rings (SSSR count). The average molecular weight is 314 g/mol. The lowest BCUT2D eigenvalue weighted by atomic mass is 9.87. The van der Waals surface area contributed by atoms with Crippen LogP contribution in [0.5, 0.6) is 0 Å². The molecule has 0 aliphatic rings. The molecule has 2 aromatic rings. The van der Waals surface area contributed by atoms with Crippen molar-refractivity contribution in [2.24, 2.45) is 7.05 Å². The minimum Gasteiger partial charge on any atom is -0.379 e. The second-order valence-electron chi connectivity index (χ2n) is 4.05. The Bertz CT molecular complexity index is 553. The topological polar surface area (TPSA) is 50.9 Å².